The van der Waals surface area contributed by atoms with Crippen LogP contribution in [0.2, 0.25) is 0 Å². The Kier molecular flexibility index (Phi) is 8.95. The minimum Gasteiger partial charge on any atom is -0.494 e. The number of hydrogen-bond donors (Lipinski definition) is 0. The molecule has 1 aromatic rings. The summed E-state index contributed by atoms with van der Waals surface area (Å²) in [5.74, 6) is 0.661. The van der Waals surface area contributed by atoms with Crippen LogP contribution in [-0.4, -0.2) is 69.1 Å². The van der Waals surface area contributed by atoms with E-state index in [0.717, 1.165) is 5.75 Å². The van der Waals surface area contributed by atoms with E-state index in [0.29, 0.717) is 25.3 Å². The highest BCUT2D eigenvalue weighted by molar-refractivity contribution is 7.91. The van der Waals surface area contributed by atoms with Crippen molar-refractivity contribution in [1.82, 2.24) is 4.90 Å². The third-order valence-corrected chi connectivity index (χ3v) is 6.35. The molecule has 0 bridgehead atoms. The molecule has 2 rings (SSSR count). The smallest absolute Gasteiger partial charge is 0.309 e. The van der Waals surface area contributed by atoms with Crippen molar-refractivity contribution in [2.75, 3.05) is 37.9 Å². The van der Waals surface area contributed by atoms with Crippen LogP contribution in [0, 0.1) is 5.92 Å². The van der Waals surface area contributed by atoms with E-state index in [4.69, 9.17) is 14.2 Å². The van der Waals surface area contributed by atoms with Crippen molar-refractivity contribution in [3.8, 4) is 11.5 Å². The Balaban J connectivity index is 1.76. The fourth-order valence-corrected chi connectivity index (χ4v) is 4.95. The lowest BCUT2D eigenvalue weighted by Gasteiger charge is -2.29. The Morgan fingerprint density at radius 1 is 1.13 bits per heavy atom. The Hall–Kier alpha value is -2.29. The van der Waals surface area contributed by atoms with Crippen LogP contribution in [0.3, 0.4) is 0 Å². The molecule has 168 valence electrons. The van der Waals surface area contributed by atoms with Crippen LogP contribution < -0.4 is 9.47 Å². The number of ether oxygens (including phenoxy) is 3. The molecule has 0 spiro atoms. The largest absolute Gasteiger partial charge is 0.494 e. The minimum absolute atomic E-state index is 0.00246. The zero-order chi connectivity index (χ0) is 22.1. The quantitative estimate of drug-likeness (QED) is 0.485. The number of sulfone groups is 1. The standard InChI is InChI=1S/C21H31NO7S/c1-4-27-18-5-7-19(8-6-18)28-11-9-21(24)29-14-20(23)22(13-16(2)3)17-10-12-30(25,26)15-17/h5-8,16-17H,4,9-15H2,1-3H3. The van der Waals surface area contributed by atoms with E-state index in [2.05, 4.69) is 0 Å². The molecule has 1 saturated heterocycles. The summed E-state index contributed by atoms with van der Waals surface area (Å²) in [6.07, 6.45) is 0.424. The molecule has 1 atom stereocenters. The first-order valence-electron chi connectivity index (χ1n) is 10.2. The molecule has 0 radical (unpaired) electrons. The summed E-state index contributed by atoms with van der Waals surface area (Å²) in [7, 11) is -3.11. The van der Waals surface area contributed by atoms with Crippen molar-refractivity contribution in [2.24, 2.45) is 5.92 Å². The molecule has 9 heteroatoms. The van der Waals surface area contributed by atoms with E-state index < -0.39 is 22.4 Å². The Bertz CT molecular complexity index is 805. The Labute approximate surface area is 178 Å². The summed E-state index contributed by atoms with van der Waals surface area (Å²) in [4.78, 5) is 26.1. The normalized spacial score (nSPS) is 17.5. The fraction of sp³-hybridized carbons (Fsp3) is 0.619. The van der Waals surface area contributed by atoms with Crippen LogP contribution in [0.15, 0.2) is 24.3 Å². The lowest BCUT2D eigenvalue weighted by atomic mass is 10.1. The van der Waals surface area contributed by atoms with Crippen LogP contribution in [0.1, 0.15) is 33.6 Å². The van der Waals surface area contributed by atoms with Crippen LogP contribution in [0.25, 0.3) is 0 Å². The number of rotatable bonds is 11. The predicted octanol–water partition coefficient (Wildman–Crippen LogP) is 2.07. The van der Waals surface area contributed by atoms with Gasteiger partial charge in [-0.15, -0.1) is 0 Å². The van der Waals surface area contributed by atoms with Crippen molar-refractivity contribution >= 4 is 21.7 Å². The van der Waals surface area contributed by atoms with Gasteiger partial charge in [-0.1, -0.05) is 13.8 Å². The molecule has 1 aliphatic rings. The summed E-state index contributed by atoms with van der Waals surface area (Å²) in [5.41, 5.74) is 0. The second-order valence-electron chi connectivity index (χ2n) is 7.66. The molecule has 1 aliphatic heterocycles. The van der Waals surface area contributed by atoms with Crippen LogP contribution in [-0.2, 0) is 24.2 Å². The van der Waals surface area contributed by atoms with Crippen LogP contribution in [0.5, 0.6) is 11.5 Å². The molecule has 0 N–H and O–H groups in total. The zero-order valence-corrected chi connectivity index (χ0v) is 18.7. The van der Waals surface area contributed by atoms with Crippen molar-refractivity contribution in [3.05, 3.63) is 24.3 Å². The molecular weight excluding hydrogens is 410 g/mol. The van der Waals surface area contributed by atoms with E-state index in [1.165, 1.54) is 0 Å². The molecule has 0 saturated carbocycles. The summed E-state index contributed by atoms with van der Waals surface area (Å²) in [6.45, 7) is 6.54. The number of carbonyl (C=O) groups excluding carboxylic acids is 2. The minimum atomic E-state index is -3.11. The first-order valence-corrected chi connectivity index (χ1v) is 12.0. The maximum atomic E-state index is 12.6. The molecule has 1 aromatic carbocycles. The van der Waals surface area contributed by atoms with Gasteiger partial charge in [0.05, 0.1) is 31.1 Å². The van der Waals surface area contributed by atoms with Gasteiger partial charge in [-0.3, -0.25) is 9.59 Å². The topological polar surface area (TPSA) is 99.2 Å². The molecule has 30 heavy (non-hydrogen) atoms. The maximum Gasteiger partial charge on any atom is 0.309 e. The molecule has 0 aromatic heterocycles. The van der Waals surface area contributed by atoms with E-state index in [1.54, 1.807) is 29.2 Å². The number of carbonyl (C=O) groups is 2. The third-order valence-electron chi connectivity index (χ3n) is 4.60. The number of hydrogen-bond acceptors (Lipinski definition) is 7. The summed E-state index contributed by atoms with van der Waals surface area (Å²) in [6, 6.07) is 6.70. The molecule has 1 unspecified atom stereocenters. The lowest BCUT2D eigenvalue weighted by molar-refractivity contribution is -0.153. The Morgan fingerprint density at radius 2 is 1.77 bits per heavy atom. The first-order chi connectivity index (χ1) is 14.2. The fourth-order valence-electron chi connectivity index (χ4n) is 3.22. The van der Waals surface area contributed by atoms with Gasteiger partial charge >= 0.3 is 5.97 Å². The number of amides is 1. The molecule has 1 fully saturated rings. The number of benzene rings is 1. The van der Waals surface area contributed by atoms with Crippen molar-refractivity contribution in [1.29, 1.82) is 0 Å². The van der Waals surface area contributed by atoms with Crippen LogP contribution in [0.4, 0.5) is 0 Å². The molecule has 1 amide bonds. The highest BCUT2D eigenvalue weighted by Crippen LogP contribution is 2.20. The third kappa shape index (κ3) is 7.85. The van der Waals surface area contributed by atoms with E-state index in [-0.39, 0.29) is 42.4 Å². The second kappa shape index (κ2) is 11.2. The molecule has 8 nitrogen and oxygen atoms in total. The monoisotopic (exact) mass is 441 g/mol. The maximum absolute atomic E-state index is 12.6. The van der Waals surface area contributed by atoms with E-state index >= 15 is 0 Å². The summed E-state index contributed by atoms with van der Waals surface area (Å²) >= 11 is 0. The van der Waals surface area contributed by atoms with Gasteiger partial charge in [-0.2, -0.15) is 0 Å². The number of nitrogens with zero attached hydrogens (tertiary/aromatic N) is 1. The van der Waals surface area contributed by atoms with Crippen molar-refractivity contribution in [3.63, 3.8) is 0 Å². The SMILES string of the molecule is CCOc1ccc(OCCC(=O)OCC(=O)N(CC(C)C)C2CCS(=O)(=O)C2)cc1. The first kappa shape index (κ1) is 24.0. The highest BCUT2D eigenvalue weighted by atomic mass is 32.2. The molecule has 0 aliphatic carbocycles. The van der Waals surface area contributed by atoms with E-state index in [9.17, 15) is 18.0 Å². The molecule has 1 heterocycles. The molecular formula is C21H31NO7S. The van der Waals surface area contributed by atoms with E-state index in [1.807, 2.05) is 20.8 Å². The highest BCUT2D eigenvalue weighted by Gasteiger charge is 2.35. The second-order valence-corrected chi connectivity index (χ2v) is 9.89. The van der Waals surface area contributed by atoms with Gasteiger partial charge in [0.25, 0.3) is 5.91 Å². The summed E-state index contributed by atoms with van der Waals surface area (Å²) < 4.78 is 39.5. The van der Waals surface area contributed by atoms with Crippen LogP contribution >= 0.6 is 0 Å². The van der Waals surface area contributed by atoms with Gasteiger partial charge in [0.2, 0.25) is 0 Å². The van der Waals surface area contributed by atoms with Gasteiger partial charge in [0.1, 0.15) is 11.5 Å². The van der Waals surface area contributed by atoms with Gasteiger partial charge in [-0.05, 0) is 43.5 Å². The lowest BCUT2D eigenvalue weighted by Crippen LogP contribution is -2.45. The number of esters is 1. The average Bonchev–Trinajstić information content (AvgIpc) is 3.05. The average molecular weight is 442 g/mol. The van der Waals surface area contributed by atoms with Gasteiger partial charge in [0.15, 0.2) is 16.4 Å². The summed E-state index contributed by atoms with van der Waals surface area (Å²) in [5, 5.41) is 0. The predicted molar refractivity (Wildman–Crippen MR) is 112 cm³/mol. The Morgan fingerprint density at radius 3 is 2.30 bits per heavy atom. The van der Waals surface area contributed by atoms with Gasteiger partial charge in [0, 0.05) is 12.6 Å². The van der Waals surface area contributed by atoms with Crippen molar-refractivity contribution < 1.29 is 32.2 Å². The van der Waals surface area contributed by atoms with Crippen molar-refractivity contribution in [2.45, 2.75) is 39.7 Å². The zero-order valence-electron chi connectivity index (χ0n) is 17.8. The van der Waals surface area contributed by atoms with Gasteiger partial charge < -0.3 is 19.1 Å². The van der Waals surface area contributed by atoms with Gasteiger partial charge in [-0.25, -0.2) is 8.42 Å².